The second-order valence-corrected chi connectivity index (χ2v) is 4.23. The molecule has 3 nitrogen and oxygen atoms in total. The highest BCUT2D eigenvalue weighted by Crippen LogP contribution is 2.40. The second kappa shape index (κ2) is 4.34. The van der Waals surface area contributed by atoms with Gasteiger partial charge in [-0.05, 0) is 12.5 Å². The van der Waals surface area contributed by atoms with Crippen LogP contribution in [-0.2, 0) is 6.18 Å². The minimum atomic E-state index is -4.50. The summed E-state index contributed by atoms with van der Waals surface area (Å²) < 4.78 is 52.2. The number of aryl methyl sites for hydroxylation is 1. The molecule has 8 heteroatoms. The Morgan fingerprint density at radius 2 is 2.06 bits per heavy atom. The number of rotatable bonds is 2. The molecule has 1 N–H and O–H groups in total. The van der Waals surface area contributed by atoms with Gasteiger partial charge in [0, 0.05) is 24.8 Å². The summed E-state index contributed by atoms with van der Waals surface area (Å²) in [4.78, 5) is 3.69. The number of alkyl halides is 3. The fraction of sp³-hybridized carbons (Fsp3) is 0.300. The van der Waals surface area contributed by atoms with Crippen molar-refractivity contribution in [3.8, 4) is 0 Å². The van der Waals surface area contributed by atoms with Crippen molar-refractivity contribution >= 4 is 29.1 Å². The standard InChI is InChI=1S/C10H9F4N3S/c1-5-4-17(18-14)9-7(5)8(15-2)6(3-16-9)10(11,12)13/h3-4H,1-2H3,(H,15,16). The highest BCUT2D eigenvalue weighted by molar-refractivity contribution is 7.92. The molecule has 0 aliphatic rings. The molecule has 18 heavy (non-hydrogen) atoms. The van der Waals surface area contributed by atoms with Gasteiger partial charge < -0.3 is 5.32 Å². The van der Waals surface area contributed by atoms with Gasteiger partial charge in [0.2, 0.25) is 0 Å². The molecule has 2 heterocycles. The van der Waals surface area contributed by atoms with Crippen LogP contribution >= 0.6 is 12.3 Å². The average Bonchev–Trinajstić information content (AvgIpc) is 2.64. The first-order valence-electron chi connectivity index (χ1n) is 4.94. The monoisotopic (exact) mass is 279 g/mol. The molecule has 0 aliphatic carbocycles. The molecule has 0 radical (unpaired) electrons. The Morgan fingerprint density at radius 3 is 2.56 bits per heavy atom. The Morgan fingerprint density at radius 1 is 1.39 bits per heavy atom. The van der Waals surface area contributed by atoms with Crippen LogP contribution in [0, 0.1) is 6.92 Å². The van der Waals surface area contributed by atoms with E-state index < -0.39 is 11.7 Å². The van der Waals surface area contributed by atoms with Crippen LogP contribution in [-0.4, -0.2) is 16.0 Å². The molecule has 0 aliphatic heterocycles. The topological polar surface area (TPSA) is 29.9 Å². The first kappa shape index (κ1) is 13.0. The number of nitrogens with zero attached hydrogens (tertiary/aromatic N) is 2. The lowest BCUT2D eigenvalue weighted by molar-refractivity contribution is -0.137. The summed E-state index contributed by atoms with van der Waals surface area (Å²) in [5.41, 5.74) is -0.254. The van der Waals surface area contributed by atoms with E-state index in [4.69, 9.17) is 0 Å². The zero-order chi connectivity index (χ0) is 13.5. The number of nitrogens with one attached hydrogen (secondary N) is 1. The van der Waals surface area contributed by atoms with E-state index in [1.54, 1.807) is 6.92 Å². The van der Waals surface area contributed by atoms with Crippen molar-refractivity contribution in [3.63, 3.8) is 0 Å². The maximum Gasteiger partial charge on any atom is 0.419 e. The molecular weight excluding hydrogens is 270 g/mol. The van der Waals surface area contributed by atoms with Gasteiger partial charge in [-0.15, -0.1) is 3.89 Å². The quantitative estimate of drug-likeness (QED) is 0.848. The highest BCUT2D eigenvalue weighted by Gasteiger charge is 2.35. The van der Waals surface area contributed by atoms with Crippen LogP contribution in [0.1, 0.15) is 11.1 Å². The molecule has 98 valence electrons. The molecule has 0 amide bonds. The second-order valence-electron chi connectivity index (χ2n) is 3.70. The molecule has 2 rings (SSSR count). The summed E-state index contributed by atoms with van der Waals surface area (Å²) in [6, 6.07) is 0. The Kier molecular flexibility index (Phi) is 3.14. The zero-order valence-corrected chi connectivity index (χ0v) is 10.3. The largest absolute Gasteiger partial charge is 0.419 e. The number of halogens is 4. The van der Waals surface area contributed by atoms with Gasteiger partial charge in [-0.25, -0.2) is 8.96 Å². The summed E-state index contributed by atoms with van der Waals surface area (Å²) in [5, 5.41) is 2.79. The molecule has 2 aromatic heterocycles. The van der Waals surface area contributed by atoms with Crippen LogP contribution in [0.4, 0.5) is 22.7 Å². The Balaban J connectivity index is 2.84. The van der Waals surface area contributed by atoms with Crippen molar-refractivity contribution in [2.24, 2.45) is 0 Å². The van der Waals surface area contributed by atoms with Crippen molar-refractivity contribution in [2.75, 3.05) is 12.4 Å². The highest BCUT2D eigenvalue weighted by atomic mass is 32.2. The number of fused-ring (bicyclic) bond motifs is 1. The van der Waals surface area contributed by atoms with Gasteiger partial charge in [-0.1, -0.05) is 0 Å². The van der Waals surface area contributed by atoms with E-state index in [1.807, 2.05) is 0 Å². The van der Waals surface area contributed by atoms with Gasteiger partial charge in [0.05, 0.1) is 11.3 Å². The summed E-state index contributed by atoms with van der Waals surface area (Å²) in [6.07, 6.45) is -2.39. The number of hydrogen-bond acceptors (Lipinski definition) is 3. The van der Waals surface area contributed by atoms with E-state index >= 15 is 0 Å². The SMILES string of the molecule is CNc1c(C(F)(F)F)cnc2c1c(C)cn2SF. The first-order chi connectivity index (χ1) is 8.40. The van der Waals surface area contributed by atoms with Crippen LogP contribution in [0.5, 0.6) is 0 Å². The van der Waals surface area contributed by atoms with E-state index in [0.29, 0.717) is 11.8 Å². The maximum atomic E-state index is 12.8. The van der Waals surface area contributed by atoms with Crippen molar-refractivity contribution in [1.29, 1.82) is 0 Å². The fourth-order valence-electron chi connectivity index (χ4n) is 1.87. The molecule has 0 bridgehead atoms. The van der Waals surface area contributed by atoms with E-state index in [0.717, 1.165) is 3.97 Å². The van der Waals surface area contributed by atoms with Crippen LogP contribution in [0.15, 0.2) is 12.4 Å². The molecule has 0 atom stereocenters. The predicted octanol–water partition coefficient (Wildman–Crippen LogP) is 3.79. The van der Waals surface area contributed by atoms with E-state index in [-0.39, 0.29) is 29.1 Å². The Bertz CT molecular complexity index is 591. The van der Waals surface area contributed by atoms with Crippen molar-refractivity contribution in [2.45, 2.75) is 13.1 Å². The van der Waals surface area contributed by atoms with Crippen LogP contribution in [0.25, 0.3) is 11.0 Å². The van der Waals surface area contributed by atoms with Crippen LogP contribution < -0.4 is 5.32 Å². The van der Waals surface area contributed by atoms with Gasteiger partial charge in [0.1, 0.15) is 0 Å². The number of aromatic nitrogens is 2. The third kappa shape index (κ3) is 1.90. The minimum Gasteiger partial charge on any atom is -0.387 e. The van der Waals surface area contributed by atoms with Crippen molar-refractivity contribution in [3.05, 3.63) is 23.5 Å². The molecule has 0 saturated carbocycles. The lowest BCUT2D eigenvalue weighted by Crippen LogP contribution is -2.10. The third-order valence-corrected chi connectivity index (χ3v) is 3.03. The number of hydrogen-bond donors (Lipinski definition) is 1. The van der Waals surface area contributed by atoms with E-state index in [1.165, 1.54) is 13.2 Å². The predicted molar refractivity (Wildman–Crippen MR) is 63.1 cm³/mol. The first-order valence-corrected chi connectivity index (χ1v) is 5.62. The molecule has 2 aromatic rings. The summed E-state index contributed by atoms with van der Waals surface area (Å²) in [5.74, 6) is 0. The Hall–Kier alpha value is -1.44. The van der Waals surface area contributed by atoms with Crippen molar-refractivity contribution < 1.29 is 17.1 Å². The lowest BCUT2D eigenvalue weighted by atomic mass is 10.1. The Labute approximate surface area is 105 Å². The van der Waals surface area contributed by atoms with Crippen LogP contribution in [0.2, 0.25) is 0 Å². The normalized spacial score (nSPS) is 12.1. The van der Waals surface area contributed by atoms with Gasteiger partial charge in [0.15, 0.2) is 18.0 Å². The third-order valence-electron chi connectivity index (χ3n) is 2.60. The minimum absolute atomic E-state index is 0.0854. The molecule has 0 fully saturated rings. The smallest absolute Gasteiger partial charge is 0.387 e. The molecular formula is C10H9F4N3S. The van der Waals surface area contributed by atoms with Crippen molar-refractivity contribution in [1.82, 2.24) is 8.96 Å². The lowest BCUT2D eigenvalue weighted by Gasteiger charge is -2.13. The number of pyridine rings is 1. The van der Waals surface area contributed by atoms with Crippen LogP contribution in [0.3, 0.4) is 0 Å². The molecule has 0 aromatic carbocycles. The van der Waals surface area contributed by atoms with E-state index in [9.17, 15) is 17.1 Å². The van der Waals surface area contributed by atoms with E-state index in [2.05, 4.69) is 10.3 Å². The fourth-order valence-corrected chi connectivity index (χ4v) is 2.27. The maximum absolute atomic E-state index is 12.8. The number of anilines is 1. The molecule has 0 spiro atoms. The summed E-state index contributed by atoms with van der Waals surface area (Å²) >= 11 is -0.103. The van der Waals surface area contributed by atoms with Gasteiger partial charge in [0.25, 0.3) is 0 Å². The average molecular weight is 279 g/mol. The van der Waals surface area contributed by atoms with Gasteiger partial charge in [-0.2, -0.15) is 13.2 Å². The molecule has 0 saturated heterocycles. The summed E-state index contributed by atoms with van der Waals surface area (Å²) in [6.45, 7) is 1.61. The van der Waals surface area contributed by atoms with Gasteiger partial charge in [-0.3, -0.25) is 0 Å². The van der Waals surface area contributed by atoms with Gasteiger partial charge >= 0.3 is 6.18 Å². The zero-order valence-electron chi connectivity index (χ0n) is 9.47. The summed E-state index contributed by atoms with van der Waals surface area (Å²) in [7, 11) is 1.39. The molecule has 0 unspecified atom stereocenters.